The predicted molar refractivity (Wildman–Crippen MR) is 42.7 cm³/mol. The lowest BCUT2D eigenvalue weighted by Gasteiger charge is -2.38. The van der Waals surface area contributed by atoms with Crippen molar-refractivity contribution >= 4 is 0 Å². The molecule has 1 aliphatic rings. The van der Waals surface area contributed by atoms with Crippen molar-refractivity contribution in [3.8, 4) is 0 Å². The molecular formula is C8H16O4. The summed E-state index contributed by atoms with van der Waals surface area (Å²) >= 11 is 0. The summed E-state index contributed by atoms with van der Waals surface area (Å²) in [7, 11) is 0. The normalized spacial score (nSPS) is 43.0. The molecule has 0 aromatic rings. The van der Waals surface area contributed by atoms with Crippen LogP contribution >= 0.6 is 0 Å². The Kier molecular flexibility index (Phi) is 2.73. The molecule has 0 bridgehead atoms. The molecule has 1 fully saturated rings. The Morgan fingerprint density at radius 1 is 0.833 bits per heavy atom. The molecule has 0 heterocycles. The van der Waals surface area contributed by atoms with Crippen LogP contribution in [0.15, 0.2) is 0 Å². The van der Waals surface area contributed by atoms with Crippen molar-refractivity contribution in [2.45, 2.75) is 50.7 Å². The van der Waals surface area contributed by atoms with Crippen molar-refractivity contribution < 1.29 is 20.3 Å². The molecule has 0 atom stereocenters. The van der Waals surface area contributed by atoms with Gasteiger partial charge in [-0.25, -0.2) is 9.78 Å². The van der Waals surface area contributed by atoms with E-state index >= 15 is 0 Å². The summed E-state index contributed by atoms with van der Waals surface area (Å²) in [6, 6.07) is 0. The Morgan fingerprint density at radius 3 is 1.25 bits per heavy atom. The van der Waals surface area contributed by atoms with E-state index in [1.54, 1.807) is 0 Å². The van der Waals surface area contributed by atoms with E-state index in [1.807, 2.05) is 13.8 Å². The average Bonchev–Trinajstić information content (AvgIpc) is 2.11. The van der Waals surface area contributed by atoms with E-state index in [9.17, 15) is 0 Å². The molecule has 0 spiro atoms. The van der Waals surface area contributed by atoms with Crippen molar-refractivity contribution in [3.63, 3.8) is 0 Å². The molecule has 12 heavy (non-hydrogen) atoms. The summed E-state index contributed by atoms with van der Waals surface area (Å²) < 4.78 is 0. The van der Waals surface area contributed by atoms with Crippen LogP contribution in [0.1, 0.15) is 39.5 Å². The molecule has 4 heteroatoms. The summed E-state index contributed by atoms with van der Waals surface area (Å²) in [6.07, 6.45) is 2.78. The number of rotatable bonds is 2. The van der Waals surface area contributed by atoms with Crippen molar-refractivity contribution in [1.82, 2.24) is 0 Å². The second-order valence-electron chi connectivity index (χ2n) is 4.08. The lowest BCUT2D eigenvalue weighted by Crippen LogP contribution is -2.41. The van der Waals surface area contributed by atoms with Gasteiger partial charge in [-0.1, -0.05) is 0 Å². The highest BCUT2D eigenvalue weighted by molar-refractivity contribution is 4.89. The molecule has 0 aromatic carbocycles. The van der Waals surface area contributed by atoms with E-state index in [0.717, 1.165) is 0 Å². The Hall–Kier alpha value is -0.160. The maximum atomic E-state index is 8.59. The molecule has 4 nitrogen and oxygen atoms in total. The monoisotopic (exact) mass is 176 g/mol. The molecule has 1 saturated carbocycles. The van der Waals surface area contributed by atoms with E-state index in [-0.39, 0.29) is 0 Å². The van der Waals surface area contributed by atoms with Crippen molar-refractivity contribution in [2.75, 3.05) is 0 Å². The molecule has 1 rings (SSSR count). The van der Waals surface area contributed by atoms with Gasteiger partial charge in [-0.3, -0.25) is 10.5 Å². The Bertz CT molecular complexity index is 131. The molecule has 0 radical (unpaired) electrons. The highest BCUT2D eigenvalue weighted by Crippen LogP contribution is 2.37. The quantitative estimate of drug-likeness (QED) is 0.499. The lowest BCUT2D eigenvalue weighted by atomic mass is 9.78. The van der Waals surface area contributed by atoms with Gasteiger partial charge in [0.25, 0.3) is 0 Å². The third-order valence-electron chi connectivity index (χ3n) is 2.81. The smallest absolute Gasteiger partial charge is 0.101 e. The van der Waals surface area contributed by atoms with Crippen molar-refractivity contribution in [2.24, 2.45) is 0 Å². The van der Waals surface area contributed by atoms with Crippen LogP contribution in [0, 0.1) is 0 Å². The molecule has 1 aliphatic carbocycles. The van der Waals surface area contributed by atoms with Gasteiger partial charge in [-0.2, -0.15) is 0 Å². The zero-order chi connectivity index (χ0) is 9.24. The van der Waals surface area contributed by atoms with Gasteiger partial charge in [0.15, 0.2) is 0 Å². The zero-order valence-electron chi connectivity index (χ0n) is 7.54. The summed E-state index contributed by atoms with van der Waals surface area (Å²) in [5.41, 5.74) is -0.921. The van der Waals surface area contributed by atoms with Crippen LogP contribution in [-0.4, -0.2) is 21.7 Å². The topological polar surface area (TPSA) is 58.9 Å². The first-order chi connectivity index (χ1) is 5.54. The van der Waals surface area contributed by atoms with Gasteiger partial charge >= 0.3 is 0 Å². The van der Waals surface area contributed by atoms with Gasteiger partial charge in [0, 0.05) is 0 Å². The maximum absolute atomic E-state index is 8.59. The van der Waals surface area contributed by atoms with Crippen LogP contribution in [0.2, 0.25) is 0 Å². The fraction of sp³-hybridized carbons (Fsp3) is 1.00. The van der Waals surface area contributed by atoms with Gasteiger partial charge in [0.05, 0.1) is 0 Å². The highest BCUT2D eigenvalue weighted by atomic mass is 17.1. The van der Waals surface area contributed by atoms with Gasteiger partial charge in [0.2, 0.25) is 0 Å². The van der Waals surface area contributed by atoms with Crippen LogP contribution in [0.4, 0.5) is 0 Å². The van der Waals surface area contributed by atoms with Crippen LogP contribution in [0.25, 0.3) is 0 Å². The fourth-order valence-corrected chi connectivity index (χ4v) is 1.49. The predicted octanol–water partition coefficient (Wildman–Crippen LogP) is 2.06. The van der Waals surface area contributed by atoms with E-state index in [4.69, 9.17) is 10.5 Å². The molecule has 0 saturated heterocycles. The maximum Gasteiger partial charge on any atom is 0.101 e. The van der Waals surface area contributed by atoms with E-state index in [0.29, 0.717) is 25.7 Å². The van der Waals surface area contributed by atoms with Crippen LogP contribution in [-0.2, 0) is 9.78 Å². The SMILES string of the molecule is CC1(OO)CCC(C)(OO)CC1. The fourth-order valence-electron chi connectivity index (χ4n) is 1.49. The molecule has 0 unspecified atom stereocenters. The summed E-state index contributed by atoms with van der Waals surface area (Å²) in [5, 5.41) is 17.2. The lowest BCUT2D eigenvalue weighted by molar-refractivity contribution is -0.359. The van der Waals surface area contributed by atoms with Crippen LogP contribution in [0.5, 0.6) is 0 Å². The Labute approximate surface area is 72.0 Å². The number of hydrogen-bond acceptors (Lipinski definition) is 4. The summed E-state index contributed by atoms with van der Waals surface area (Å²) in [6.45, 7) is 3.70. The van der Waals surface area contributed by atoms with Crippen LogP contribution < -0.4 is 0 Å². The molecule has 2 N–H and O–H groups in total. The second kappa shape index (κ2) is 3.30. The van der Waals surface area contributed by atoms with Gasteiger partial charge < -0.3 is 0 Å². The Balaban J connectivity index is 2.49. The molecule has 0 aliphatic heterocycles. The summed E-state index contributed by atoms with van der Waals surface area (Å²) in [4.78, 5) is 8.76. The largest absolute Gasteiger partial charge is 0.251 e. The zero-order valence-corrected chi connectivity index (χ0v) is 7.54. The second-order valence-corrected chi connectivity index (χ2v) is 4.08. The van der Waals surface area contributed by atoms with E-state index < -0.39 is 11.2 Å². The molecule has 0 amide bonds. The first-order valence-electron chi connectivity index (χ1n) is 4.19. The average molecular weight is 176 g/mol. The first kappa shape index (κ1) is 9.92. The standard InChI is InChI=1S/C8H16O4/c1-7(11-9)3-5-8(2,12-10)6-4-7/h9-10H,3-6H2,1-2H3. The highest BCUT2D eigenvalue weighted by Gasteiger charge is 2.39. The minimum atomic E-state index is -0.460. The Morgan fingerprint density at radius 2 is 1.08 bits per heavy atom. The van der Waals surface area contributed by atoms with E-state index in [2.05, 4.69) is 9.78 Å². The number of hydrogen-bond donors (Lipinski definition) is 2. The van der Waals surface area contributed by atoms with Gasteiger partial charge in [-0.15, -0.1) is 0 Å². The summed E-state index contributed by atoms with van der Waals surface area (Å²) in [5.74, 6) is 0. The minimum absolute atomic E-state index is 0.460. The van der Waals surface area contributed by atoms with Crippen LogP contribution in [0.3, 0.4) is 0 Å². The molecular weight excluding hydrogens is 160 g/mol. The van der Waals surface area contributed by atoms with Gasteiger partial charge in [0.1, 0.15) is 11.2 Å². The van der Waals surface area contributed by atoms with Crippen molar-refractivity contribution in [1.29, 1.82) is 0 Å². The molecule has 0 aromatic heterocycles. The van der Waals surface area contributed by atoms with E-state index in [1.165, 1.54) is 0 Å². The van der Waals surface area contributed by atoms with Crippen molar-refractivity contribution in [3.05, 3.63) is 0 Å². The third-order valence-corrected chi connectivity index (χ3v) is 2.81. The molecule has 72 valence electrons. The van der Waals surface area contributed by atoms with Gasteiger partial charge in [-0.05, 0) is 39.5 Å². The minimum Gasteiger partial charge on any atom is -0.251 e. The first-order valence-corrected chi connectivity index (χ1v) is 4.19. The third kappa shape index (κ3) is 1.95.